The van der Waals surface area contributed by atoms with Gasteiger partial charge in [-0.3, -0.25) is 9.69 Å². The number of hydrogen-bond donors (Lipinski definition) is 3. The predicted molar refractivity (Wildman–Crippen MR) is 184 cm³/mol. The van der Waals surface area contributed by atoms with Crippen LogP contribution in [-0.4, -0.2) is 86.8 Å². The van der Waals surface area contributed by atoms with Gasteiger partial charge in [-0.05, 0) is 65.0 Å². The van der Waals surface area contributed by atoms with E-state index in [1.165, 1.54) is 11.3 Å². The number of ether oxygens (including phenoxy) is 1. The van der Waals surface area contributed by atoms with Crippen LogP contribution in [0.2, 0.25) is 5.02 Å². The summed E-state index contributed by atoms with van der Waals surface area (Å²) < 4.78 is 5.40. The zero-order valence-electron chi connectivity index (χ0n) is 28.0. The number of rotatable bonds is 11. The quantitative estimate of drug-likeness (QED) is 0.218. The zero-order chi connectivity index (χ0) is 34.5. The lowest BCUT2D eigenvalue weighted by atomic mass is 9.85. The Balaban J connectivity index is 1.38. The van der Waals surface area contributed by atoms with Gasteiger partial charge in [0.2, 0.25) is 0 Å². The van der Waals surface area contributed by atoms with Gasteiger partial charge in [-0.25, -0.2) is 24.5 Å². The van der Waals surface area contributed by atoms with Gasteiger partial charge in [-0.1, -0.05) is 37.6 Å². The number of benzene rings is 1. The van der Waals surface area contributed by atoms with Crippen LogP contribution in [0.15, 0.2) is 30.5 Å². The van der Waals surface area contributed by atoms with Crippen LogP contribution < -0.4 is 15.5 Å². The molecular formula is C33H44ClN7O5S. The van der Waals surface area contributed by atoms with Gasteiger partial charge in [0.1, 0.15) is 28.6 Å². The van der Waals surface area contributed by atoms with Crippen LogP contribution in [0.1, 0.15) is 68.7 Å². The Morgan fingerprint density at radius 1 is 1.11 bits per heavy atom. The number of carbonyl (C=O) groups excluding carboxylic acids is 2. The number of anilines is 2. The highest BCUT2D eigenvalue weighted by Crippen LogP contribution is 2.35. The number of aryl methyl sites for hydroxylation is 2. The molecule has 2 amide bonds. The van der Waals surface area contributed by atoms with Crippen molar-refractivity contribution in [1.82, 2.24) is 25.2 Å². The number of hydrogen-bond acceptors (Lipinski definition) is 10. The molecule has 1 aliphatic heterocycles. The number of thiazole rings is 1. The first-order chi connectivity index (χ1) is 22.0. The first-order valence-corrected chi connectivity index (χ1v) is 16.8. The maximum absolute atomic E-state index is 13.1. The number of aromatic nitrogens is 3. The van der Waals surface area contributed by atoms with Crippen molar-refractivity contribution in [1.29, 1.82) is 0 Å². The molecule has 0 spiro atoms. The van der Waals surface area contributed by atoms with Gasteiger partial charge in [0.15, 0.2) is 5.01 Å². The van der Waals surface area contributed by atoms with E-state index in [1.54, 1.807) is 40.0 Å². The molecule has 1 saturated heterocycles. The third kappa shape index (κ3) is 9.61. The van der Waals surface area contributed by atoms with E-state index < -0.39 is 23.2 Å². The summed E-state index contributed by atoms with van der Waals surface area (Å²) in [7, 11) is 0. The molecule has 254 valence electrons. The van der Waals surface area contributed by atoms with Crippen molar-refractivity contribution in [2.75, 3.05) is 42.9 Å². The lowest BCUT2D eigenvalue weighted by Gasteiger charge is -2.38. The average molecular weight is 686 g/mol. The Bertz CT molecular complexity index is 1580. The van der Waals surface area contributed by atoms with Crippen molar-refractivity contribution in [3.8, 4) is 10.4 Å². The maximum atomic E-state index is 13.1. The monoisotopic (exact) mass is 685 g/mol. The Morgan fingerprint density at radius 3 is 2.43 bits per heavy atom. The molecule has 0 bridgehead atoms. The molecular weight excluding hydrogens is 642 g/mol. The third-order valence-corrected chi connectivity index (χ3v) is 9.02. The van der Waals surface area contributed by atoms with Crippen molar-refractivity contribution >= 4 is 52.5 Å². The molecule has 1 atom stereocenters. The normalized spacial score (nSPS) is 15.3. The van der Waals surface area contributed by atoms with E-state index >= 15 is 0 Å². The number of amides is 2. The molecule has 47 heavy (non-hydrogen) atoms. The van der Waals surface area contributed by atoms with Crippen molar-refractivity contribution in [3.05, 3.63) is 51.9 Å². The van der Waals surface area contributed by atoms with E-state index in [0.717, 1.165) is 16.0 Å². The van der Waals surface area contributed by atoms with Crippen LogP contribution in [0.4, 0.5) is 16.4 Å². The highest BCUT2D eigenvalue weighted by atomic mass is 35.5. The van der Waals surface area contributed by atoms with Gasteiger partial charge < -0.3 is 25.4 Å². The van der Waals surface area contributed by atoms with Crippen molar-refractivity contribution in [3.63, 3.8) is 0 Å². The fourth-order valence-corrected chi connectivity index (χ4v) is 6.91. The van der Waals surface area contributed by atoms with E-state index in [-0.39, 0.29) is 24.7 Å². The summed E-state index contributed by atoms with van der Waals surface area (Å²) in [4.78, 5) is 56.8. The second kappa shape index (κ2) is 15.0. The number of carboxylic acids is 1. The minimum Gasteiger partial charge on any atom is -0.480 e. The fourth-order valence-electron chi connectivity index (χ4n) is 5.60. The van der Waals surface area contributed by atoms with E-state index in [2.05, 4.69) is 35.4 Å². The number of carbonyl (C=O) groups is 3. The summed E-state index contributed by atoms with van der Waals surface area (Å²) in [6.07, 6.45) is 1.43. The molecule has 14 heteroatoms. The maximum Gasteiger partial charge on any atom is 0.408 e. The lowest BCUT2D eigenvalue weighted by Crippen LogP contribution is -2.58. The van der Waals surface area contributed by atoms with Crippen LogP contribution >= 0.6 is 22.9 Å². The number of aliphatic carboxylic acids is 1. The molecule has 1 aliphatic rings. The third-order valence-electron chi connectivity index (χ3n) is 7.69. The van der Waals surface area contributed by atoms with E-state index in [1.807, 2.05) is 39.0 Å². The van der Waals surface area contributed by atoms with Gasteiger partial charge in [-0.2, -0.15) is 0 Å². The zero-order valence-corrected chi connectivity index (χ0v) is 29.6. The summed E-state index contributed by atoms with van der Waals surface area (Å²) in [6.45, 7) is 15.9. The molecule has 3 N–H and O–H groups in total. The standard InChI is InChI=1S/C33H44ClN7O5S/c1-20(2)18-33(30(43)44,39-31(45)46-32(5,6)7)11-12-40-13-15-41(16-14-40)26-17-25(36-22(4)37-26)38-28(42)29-35-19-24(47-29)27-21(3)9-8-10-23(27)34/h8-10,17,19-20H,11-16,18H2,1-7H3,(H,39,45)(H,43,44)(H,36,37,38,42)/t33-/m1/s1. The summed E-state index contributed by atoms with van der Waals surface area (Å²) in [5.74, 6) is 0.166. The largest absolute Gasteiger partial charge is 0.480 e. The minimum absolute atomic E-state index is 0.0396. The molecule has 0 saturated carbocycles. The molecule has 0 aliphatic carbocycles. The molecule has 0 radical (unpaired) electrons. The number of nitrogens with one attached hydrogen (secondary N) is 2. The summed E-state index contributed by atoms with van der Waals surface area (Å²) in [6, 6.07) is 7.41. The van der Waals surface area contributed by atoms with Crippen LogP contribution in [0.5, 0.6) is 0 Å². The van der Waals surface area contributed by atoms with Crippen LogP contribution in [0.3, 0.4) is 0 Å². The van der Waals surface area contributed by atoms with Crippen LogP contribution in [-0.2, 0) is 9.53 Å². The highest BCUT2D eigenvalue weighted by Gasteiger charge is 2.42. The average Bonchev–Trinajstić information content (AvgIpc) is 3.44. The Morgan fingerprint density at radius 2 is 1.81 bits per heavy atom. The van der Waals surface area contributed by atoms with Gasteiger partial charge in [0.25, 0.3) is 5.91 Å². The Hall–Kier alpha value is -3.81. The number of piperazine rings is 1. The Kier molecular flexibility index (Phi) is 11.5. The van der Waals surface area contributed by atoms with Gasteiger partial charge in [0, 0.05) is 55.6 Å². The van der Waals surface area contributed by atoms with Crippen LogP contribution in [0.25, 0.3) is 10.4 Å². The minimum atomic E-state index is -1.45. The second-order valence-corrected chi connectivity index (χ2v) is 14.7. The van der Waals surface area contributed by atoms with Crippen LogP contribution in [0, 0.1) is 19.8 Å². The SMILES string of the molecule is Cc1nc(NC(=O)c2ncc(-c3c(C)cccc3Cl)s2)cc(N2CCN(CC[C@](CC(C)C)(NC(=O)OC(C)(C)C)C(=O)O)CC2)n1. The van der Waals surface area contributed by atoms with Crippen molar-refractivity contribution in [2.45, 2.75) is 72.4 Å². The first kappa shape index (κ1) is 36.0. The van der Waals surface area contributed by atoms with Crippen molar-refractivity contribution < 1.29 is 24.2 Å². The predicted octanol–water partition coefficient (Wildman–Crippen LogP) is 6.03. The van der Waals surface area contributed by atoms with E-state index in [0.29, 0.717) is 60.2 Å². The van der Waals surface area contributed by atoms with Gasteiger partial charge >= 0.3 is 12.1 Å². The van der Waals surface area contributed by atoms with Gasteiger partial charge in [-0.15, -0.1) is 11.3 Å². The number of nitrogens with zero attached hydrogens (tertiary/aromatic N) is 5. The molecule has 12 nitrogen and oxygen atoms in total. The fraction of sp³-hybridized carbons (Fsp3) is 0.515. The number of carboxylic acid groups (broad SMARTS) is 1. The number of alkyl carbamates (subject to hydrolysis) is 1. The smallest absolute Gasteiger partial charge is 0.408 e. The lowest BCUT2D eigenvalue weighted by molar-refractivity contribution is -0.146. The first-order valence-electron chi connectivity index (χ1n) is 15.7. The molecule has 4 rings (SSSR count). The molecule has 3 aromatic rings. The number of halogens is 1. The Labute approximate surface area is 284 Å². The molecule has 2 aromatic heterocycles. The summed E-state index contributed by atoms with van der Waals surface area (Å²) in [5, 5.41) is 16.7. The second-order valence-electron chi connectivity index (χ2n) is 13.3. The summed E-state index contributed by atoms with van der Waals surface area (Å²) >= 11 is 7.68. The molecule has 1 fully saturated rings. The molecule has 0 unspecified atom stereocenters. The highest BCUT2D eigenvalue weighted by molar-refractivity contribution is 7.17. The van der Waals surface area contributed by atoms with E-state index in [4.69, 9.17) is 16.3 Å². The molecule has 3 heterocycles. The van der Waals surface area contributed by atoms with Gasteiger partial charge in [0.05, 0.1) is 4.88 Å². The van der Waals surface area contributed by atoms with E-state index in [9.17, 15) is 19.5 Å². The molecule has 1 aromatic carbocycles. The van der Waals surface area contributed by atoms with Crippen molar-refractivity contribution in [2.24, 2.45) is 5.92 Å². The summed E-state index contributed by atoms with van der Waals surface area (Å²) in [5.41, 5.74) is -0.337. The topological polar surface area (TPSA) is 150 Å².